The van der Waals surface area contributed by atoms with Gasteiger partial charge in [-0.1, -0.05) is 34.1 Å². The molecule has 4 nitrogen and oxygen atoms in total. The predicted octanol–water partition coefficient (Wildman–Crippen LogP) is 2.69. The van der Waals surface area contributed by atoms with Crippen molar-refractivity contribution in [2.24, 2.45) is 0 Å². The Kier molecular flexibility index (Phi) is 7.78. The molecule has 0 spiro atoms. The van der Waals surface area contributed by atoms with Crippen LogP contribution in [0.25, 0.3) is 0 Å². The van der Waals surface area contributed by atoms with Crippen molar-refractivity contribution in [3.05, 3.63) is 46.1 Å². The van der Waals surface area contributed by atoms with E-state index in [9.17, 15) is 4.79 Å². The molecule has 106 valence electrons. The first-order valence-corrected chi connectivity index (χ1v) is 7.43. The number of nitrogens with one attached hydrogen (secondary N) is 2. The first-order valence-electron chi connectivity index (χ1n) is 6.10. The van der Waals surface area contributed by atoms with Crippen LogP contribution in [0.3, 0.4) is 0 Å². The average molecular weight is 357 g/mol. The van der Waals surface area contributed by atoms with Crippen molar-refractivity contribution in [1.82, 2.24) is 10.6 Å². The third kappa shape index (κ3) is 5.64. The van der Waals surface area contributed by atoms with E-state index in [1.54, 1.807) is 0 Å². The van der Waals surface area contributed by atoms with Crippen LogP contribution in [0.4, 0.5) is 0 Å². The molecule has 0 atom stereocenters. The molecule has 1 aromatic carbocycles. The number of nitrogens with zero attached hydrogens (tertiary/aromatic N) is 1. The Labute approximate surface area is 131 Å². The molecule has 0 radical (unpaired) electrons. The van der Waals surface area contributed by atoms with Crippen molar-refractivity contribution in [2.45, 2.75) is 13.0 Å². The van der Waals surface area contributed by atoms with Gasteiger partial charge in [-0.05, 0) is 18.1 Å². The highest BCUT2D eigenvalue weighted by atomic mass is 79.9. The summed E-state index contributed by atoms with van der Waals surface area (Å²) in [6, 6.07) is 9.61. The number of alkyl halides is 1. The summed E-state index contributed by atoms with van der Waals surface area (Å²) in [4.78, 5) is 11.7. The Morgan fingerprint density at radius 3 is 2.85 bits per heavy atom. The smallest absolute Gasteiger partial charge is 0.263 e. The molecule has 0 heterocycles. The highest BCUT2D eigenvalue weighted by Gasteiger charge is 2.07. The third-order valence-corrected chi connectivity index (χ3v) is 3.50. The molecule has 0 aromatic heterocycles. The highest BCUT2D eigenvalue weighted by Crippen LogP contribution is 2.15. The van der Waals surface area contributed by atoms with Gasteiger partial charge >= 0.3 is 0 Å². The van der Waals surface area contributed by atoms with Gasteiger partial charge in [0.05, 0.1) is 0 Å². The van der Waals surface area contributed by atoms with Crippen LogP contribution in [0, 0.1) is 11.3 Å². The Bertz CT molecular complexity index is 525. The molecule has 0 saturated carbocycles. The molecule has 0 aliphatic rings. The Morgan fingerprint density at radius 2 is 2.20 bits per heavy atom. The van der Waals surface area contributed by atoms with Crippen molar-refractivity contribution in [2.75, 3.05) is 12.4 Å². The lowest BCUT2D eigenvalue weighted by Gasteiger charge is -2.05. The van der Waals surface area contributed by atoms with E-state index in [2.05, 4.69) is 26.6 Å². The summed E-state index contributed by atoms with van der Waals surface area (Å²) in [6.45, 7) is 0.993. The monoisotopic (exact) mass is 355 g/mol. The second kappa shape index (κ2) is 9.40. The molecular weight excluding hydrogens is 342 g/mol. The summed E-state index contributed by atoms with van der Waals surface area (Å²) >= 11 is 8.95. The van der Waals surface area contributed by atoms with Gasteiger partial charge in [0.25, 0.3) is 5.91 Å². The van der Waals surface area contributed by atoms with Gasteiger partial charge in [-0.15, -0.1) is 11.6 Å². The van der Waals surface area contributed by atoms with E-state index in [-0.39, 0.29) is 5.57 Å². The van der Waals surface area contributed by atoms with Gasteiger partial charge in [0.15, 0.2) is 0 Å². The summed E-state index contributed by atoms with van der Waals surface area (Å²) in [5.74, 6) is 0.0869. The fourth-order valence-corrected chi connectivity index (χ4v) is 1.98. The maximum Gasteiger partial charge on any atom is 0.263 e. The Morgan fingerprint density at radius 1 is 1.45 bits per heavy atom. The molecule has 0 unspecified atom stereocenters. The molecule has 1 amide bonds. The molecule has 1 rings (SSSR count). The van der Waals surface area contributed by atoms with Crippen LogP contribution in [0.1, 0.15) is 12.0 Å². The lowest BCUT2D eigenvalue weighted by molar-refractivity contribution is -0.117. The van der Waals surface area contributed by atoms with E-state index in [0.717, 1.165) is 10.0 Å². The van der Waals surface area contributed by atoms with E-state index in [0.29, 0.717) is 25.4 Å². The van der Waals surface area contributed by atoms with Crippen molar-refractivity contribution in [3.8, 4) is 6.07 Å². The number of benzene rings is 1. The Balaban J connectivity index is 2.52. The van der Waals surface area contributed by atoms with E-state index in [1.807, 2.05) is 30.3 Å². The van der Waals surface area contributed by atoms with Gasteiger partial charge < -0.3 is 10.6 Å². The molecule has 0 saturated heterocycles. The zero-order valence-electron chi connectivity index (χ0n) is 10.8. The van der Waals surface area contributed by atoms with Crippen molar-refractivity contribution < 1.29 is 4.79 Å². The van der Waals surface area contributed by atoms with Crippen LogP contribution >= 0.6 is 27.5 Å². The average Bonchev–Trinajstić information content (AvgIpc) is 2.45. The van der Waals surface area contributed by atoms with Gasteiger partial charge in [-0.2, -0.15) is 5.26 Å². The van der Waals surface area contributed by atoms with Crippen molar-refractivity contribution in [3.63, 3.8) is 0 Å². The minimum absolute atomic E-state index is 0.0478. The number of halogens is 2. The van der Waals surface area contributed by atoms with Crippen molar-refractivity contribution >= 4 is 33.4 Å². The van der Waals surface area contributed by atoms with E-state index >= 15 is 0 Å². The summed E-state index contributed by atoms with van der Waals surface area (Å²) in [5.41, 5.74) is 1.09. The number of hydrogen-bond acceptors (Lipinski definition) is 3. The summed E-state index contributed by atoms with van der Waals surface area (Å²) < 4.78 is 0.978. The molecular formula is C14H15BrClN3O. The second-order valence-corrected chi connectivity index (χ2v) is 5.17. The minimum atomic E-state index is -0.391. The van der Waals surface area contributed by atoms with Crippen LogP contribution in [0.2, 0.25) is 0 Å². The largest absolute Gasteiger partial charge is 0.386 e. The zero-order chi connectivity index (χ0) is 14.8. The van der Waals surface area contributed by atoms with Crippen LogP contribution in [0.5, 0.6) is 0 Å². The van der Waals surface area contributed by atoms with Gasteiger partial charge in [-0.3, -0.25) is 4.79 Å². The molecule has 2 N–H and O–H groups in total. The normalized spacial score (nSPS) is 10.8. The number of amides is 1. The van der Waals surface area contributed by atoms with E-state index in [4.69, 9.17) is 16.9 Å². The zero-order valence-corrected chi connectivity index (χ0v) is 13.2. The molecule has 0 fully saturated rings. The van der Waals surface area contributed by atoms with Gasteiger partial charge in [-0.25, -0.2) is 0 Å². The fourth-order valence-electron chi connectivity index (χ4n) is 1.42. The standard InChI is InChI=1S/C14H15BrClN3O/c15-13-5-2-1-4-11(13)9-18-10-12(8-17)14(20)19-7-3-6-16/h1-2,4-5,10,18H,3,6-7,9H2,(H,19,20)/b12-10-. The maximum atomic E-state index is 11.7. The molecule has 6 heteroatoms. The quantitative estimate of drug-likeness (QED) is 0.342. The molecule has 0 aliphatic carbocycles. The number of carbonyl (C=O) groups excluding carboxylic acids is 1. The predicted molar refractivity (Wildman–Crippen MR) is 83.0 cm³/mol. The van der Waals surface area contributed by atoms with Crippen LogP contribution in [-0.4, -0.2) is 18.3 Å². The van der Waals surface area contributed by atoms with E-state index in [1.165, 1.54) is 6.20 Å². The van der Waals surface area contributed by atoms with Gasteiger partial charge in [0.2, 0.25) is 0 Å². The second-order valence-electron chi connectivity index (χ2n) is 3.94. The molecule has 1 aromatic rings. The third-order valence-electron chi connectivity index (χ3n) is 2.46. The number of nitriles is 1. The number of hydrogen-bond donors (Lipinski definition) is 2. The number of carbonyl (C=O) groups is 1. The molecule has 0 aliphatic heterocycles. The minimum Gasteiger partial charge on any atom is -0.386 e. The summed E-state index contributed by atoms with van der Waals surface area (Å²) in [5, 5.41) is 14.5. The topological polar surface area (TPSA) is 64.9 Å². The lowest BCUT2D eigenvalue weighted by atomic mass is 10.2. The van der Waals surface area contributed by atoms with Gasteiger partial charge in [0, 0.05) is 29.6 Å². The Hall–Kier alpha value is -1.51. The summed E-state index contributed by atoms with van der Waals surface area (Å²) in [6.07, 6.45) is 2.10. The van der Waals surface area contributed by atoms with Crippen LogP contribution in [0.15, 0.2) is 40.5 Å². The van der Waals surface area contributed by atoms with Crippen LogP contribution < -0.4 is 10.6 Å². The maximum absolute atomic E-state index is 11.7. The van der Waals surface area contributed by atoms with Crippen LogP contribution in [-0.2, 0) is 11.3 Å². The lowest BCUT2D eigenvalue weighted by Crippen LogP contribution is -2.26. The van der Waals surface area contributed by atoms with Crippen molar-refractivity contribution in [1.29, 1.82) is 5.26 Å². The van der Waals surface area contributed by atoms with Gasteiger partial charge in [0.1, 0.15) is 11.6 Å². The highest BCUT2D eigenvalue weighted by molar-refractivity contribution is 9.10. The van der Waals surface area contributed by atoms with E-state index < -0.39 is 5.91 Å². The summed E-state index contributed by atoms with van der Waals surface area (Å²) in [7, 11) is 0. The molecule has 20 heavy (non-hydrogen) atoms. The first-order chi connectivity index (χ1) is 9.69. The SMILES string of the molecule is N#C/C(=C/NCc1ccccc1Br)C(=O)NCCCCl. The molecule has 0 bridgehead atoms. The first kappa shape index (κ1) is 16.5. The number of rotatable bonds is 7. The fraction of sp³-hybridized carbons (Fsp3) is 0.286.